The number of fused-ring (bicyclic) bond motifs is 2. The Labute approximate surface area is 143 Å². The third-order valence-corrected chi connectivity index (χ3v) is 5.13. The lowest BCUT2D eigenvalue weighted by Gasteiger charge is -2.18. The largest absolute Gasteiger partial charge is 0.507 e. The van der Waals surface area contributed by atoms with E-state index in [9.17, 15) is 10.2 Å². The van der Waals surface area contributed by atoms with Crippen LogP contribution in [0.2, 0.25) is 0 Å². The van der Waals surface area contributed by atoms with Crippen LogP contribution in [0.1, 0.15) is 45.1 Å². The summed E-state index contributed by atoms with van der Waals surface area (Å²) < 4.78 is 0. The molecule has 1 atom stereocenters. The molecule has 0 aromatic heterocycles. The lowest BCUT2D eigenvalue weighted by Crippen LogP contribution is -2.04. The molecule has 1 unspecified atom stereocenters. The Kier molecular flexibility index (Phi) is 4.94. The normalized spacial score (nSPS) is 12.8. The fourth-order valence-electron chi connectivity index (χ4n) is 3.68. The highest BCUT2D eigenvalue weighted by Gasteiger charge is 2.17. The molecule has 126 valence electrons. The van der Waals surface area contributed by atoms with Gasteiger partial charge in [-0.25, -0.2) is 0 Å². The third-order valence-electron chi connectivity index (χ3n) is 5.13. The molecule has 3 rings (SSSR count). The Bertz CT molecular complexity index is 851. The number of phenolic OH excluding ortho intramolecular Hbond substituents is 2. The van der Waals surface area contributed by atoms with Gasteiger partial charge in [0.05, 0.1) is 0 Å². The van der Waals surface area contributed by atoms with Crippen LogP contribution in [-0.4, -0.2) is 10.2 Å². The zero-order valence-electron chi connectivity index (χ0n) is 14.5. The second-order valence-electron chi connectivity index (χ2n) is 6.70. The summed E-state index contributed by atoms with van der Waals surface area (Å²) in [6, 6.07) is 13.5. The van der Waals surface area contributed by atoms with Crippen molar-refractivity contribution in [3.63, 3.8) is 0 Å². The number of benzene rings is 3. The fraction of sp³-hybridized carbons (Fsp3) is 0.364. The number of hydrogen-bond donors (Lipinski definition) is 2. The molecule has 0 fully saturated rings. The van der Waals surface area contributed by atoms with E-state index in [-0.39, 0.29) is 5.75 Å². The highest BCUT2D eigenvalue weighted by Crippen LogP contribution is 2.43. The molecule has 0 heterocycles. The summed E-state index contributed by atoms with van der Waals surface area (Å²) in [7, 11) is 0. The first-order valence-electron chi connectivity index (χ1n) is 9.01. The van der Waals surface area contributed by atoms with Crippen LogP contribution in [-0.2, 0) is 6.42 Å². The summed E-state index contributed by atoms with van der Waals surface area (Å²) in [6.07, 6.45) is 5.74. The Morgan fingerprint density at radius 2 is 1.50 bits per heavy atom. The first kappa shape index (κ1) is 16.6. The van der Waals surface area contributed by atoms with Crippen LogP contribution in [0.25, 0.3) is 21.5 Å². The zero-order valence-corrected chi connectivity index (χ0v) is 14.5. The molecule has 0 spiro atoms. The molecule has 0 radical (unpaired) electrons. The molecular weight excluding hydrogens is 296 g/mol. The monoisotopic (exact) mass is 322 g/mol. The van der Waals surface area contributed by atoms with E-state index in [1.54, 1.807) is 0 Å². The van der Waals surface area contributed by atoms with Gasteiger partial charge in [0.1, 0.15) is 11.5 Å². The fourth-order valence-corrected chi connectivity index (χ4v) is 3.68. The van der Waals surface area contributed by atoms with E-state index in [1.807, 2.05) is 36.4 Å². The second-order valence-corrected chi connectivity index (χ2v) is 6.70. The van der Waals surface area contributed by atoms with E-state index < -0.39 is 0 Å². The molecule has 0 amide bonds. The van der Waals surface area contributed by atoms with Crippen molar-refractivity contribution >= 4 is 21.5 Å². The zero-order chi connectivity index (χ0) is 17.1. The molecule has 2 N–H and O–H groups in total. The average Bonchev–Trinajstić information content (AvgIpc) is 2.63. The lowest BCUT2D eigenvalue weighted by molar-refractivity contribution is 0.448. The van der Waals surface area contributed by atoms with E-state index in [2.05, 4.69) is 19.9 Å². The van der Waals surface area contributed by atoms with Gasteiger partial charge in [-0.1, -0.05) is 82.0 Å². The number of hydrogen-bond acceptors (Lipinski definition) is 2. The molecule has 0 saturated heterocycles. The Morgan fingerprint density at radius 1 is 0.833 bits per heavy atom. The van der Waals surface area contributed by atoms with Crippen LogP contribution in [0.5, 0.6) is 11.5 Å². The molecule has 2 nitrogen and oxygen atoms in total. The van der Waals surface area contributed by atoms with Crippen LogP contribution in [0, 0.1) is 5.92 Å². The van der Waals surface area contributed by atoms with Gasteiger partial charge in [0.25, 0.3) is 0 Å². The van der Waals surface area contributed by atoms with Gasteiger partial charge in [-0.3, -0.25) is 0 Å². The van der Waals surface area contributed by atoms with E-state index in [4.69, 9.17) is 0 Å². The molecular formula is C22H26O2. The van der Waals surface area contributed by atoms with E-state index in [0.29, 0.717) is 17.1 Å². The number of rotatable bonds is 6. The standard InChI is InChI=1S/C22H26O2/c1-3-5-9-15(4-2)14-16-10-8-13-19-20(16)22(24)18-12-7-6-11-17(18)21(19)23/h6-8,10-13,15,23-24H,3-5,9,14H2,1-2H3. The first-order chi connectivity index (χ1) is 11.7. The van der Waals surface area contributed by atoms with Gasteiger partial charge in [-0.05, 0) is 17.9 Å². The summed E-state index contributed by atoms with van der Waals surface area (Å²) in [5.74, 6) is 1.17. The molecule has 0 aliphatic heterocycles. The van der Waals surface area contributed by atoms with Gasteiger partial charge in [-0.2, -0.15) is 0 Å². The number of unbranched alkanes of at least 4 members (excludes halogenated alkanes) is 1. The third kappa shape index (κ3) is 2.93. The van der Waals surface area contributed by atoms with Crippen LogP contribution in [0.3, 0.4) is 0 Å². The molecule has 0 aliphatic carbocycles. The first-order valence-corrected chi connectivity index (χ1v) is 9.01. The second kappa shape index (κ2) is 7.12. The van der Waals surface area contributed by atoms with Crippen molar-refractivity contribution < 1.29 is 10.2 Å². The molecule has 2 heteroatoms. The maximum absolute atomic E-state index is 10.9. The highest BCUT2D eigenvalue weighted by molar-refractivity contribution is 6.11. The van der Waals surface area contributed by atoms with Gasteiger partial charge in [-0.15, -0.1) is 0 Å². The summed E-state index contributed by atoms with van der Waals surface area (Å²) in [5, 5.41) is 24.5. The van der Waals surface area contributed by atoms with Crippen molar-refractivity contribution in [3.05, 3.63) is 48.0 Å². The quantitative estimate of drug-likeness (QED) is 0.421. The van der Waals surface area contributed by atoms with Crippen molar-refractivity contribution in [2.24, 2.45) is 5.92 Å². The Balaban J connectivity index is 2.16. The maximum Gasteiger partial charge on any atom is 0.131 e. The van der Waals surface area contributed by atoms with Gasteiger partial charge in [0, 0.05) is 21.5 Å². The Hall–Kier alpha value is -2.22. The van der Waals surface area contributed by atoms with Crippen molar-refractivity contribution in [1.29, 1.82) is 0 Å². The minimum atomic E-state index is 0.266. The van der Waals surface area contributed by atoms with E-state index in [1.165, 1.54) is 19.3 Å². The van der Waals surface area contributed by atoms with Crippen molar-refractivity contribution in [1.82, 2.24) is 0 Å². The van der Waals surface area contributed by atoms with E-state index >= 15 is 0 Å². The Morgan fingerprint density at radius 3 is 2.17 bits per heavy atom. The summed E-state index contributed by atoms with van der Waals surface area (Å²) in [4.78, 5) is 0. The topological polar surface area (TPSA) is 40.5 Å². The van der Waals surface area contributed by atoms with Gasteiger partial charge >= 0.3 is 0 Å². The van der Waals surface area contributed by atoms with Crippen molar-refractivity contribution in [2.75, 3.05) is 0 Å². The minimum Gasteiger partial charge on any atom is -0.507 e. The molecule has 3 aromatic rings. The number of aromatic hydroxyl groups is 2. The average molecular weight is 322 g/mol. The molecule has 0 bridgehead atoms. The molecule has 24 heavy (non-hydrogen) atoms. The van der Waals surface area contributed by atoms with Crippen molar-refractivity contribution in [3.8, 4) is 11.5 Å². The SMILES string of the molecule is CCCCC(CC)Cc1cccc2c(O)c3ccccc3c(O)c12. The summed E-state index contributed by atoms with van der Waals surface area (Å²) in [5.41, 5.74) is 1.13. The van der Waals surface area contributed by atoms with Crippen LogP contribution >= 0.6 is 0 Å². The van der Waals surface area contributed by atoms with Crippen LogP contribution in [0.15, 0.2) is 42.5 Å². The van der Waals surface area contributed by atoms with E-state index in [0.717, 1.165) is 34.6 Å². The molecule has 3 aromatic carbocycles. The highest BCUT2D eigenvalue weighted by atomic mass is 16.3. The smallest absolute Gasteiger partial charge is 0.131 e. The van der Waals surface area contributed by atoms with Crippen molar-refractivity contribution in [2.45, 2.75) is 46.0 Å². The lowest BCUT2D eigenvalue weighted by atomic mass is 9.88. The molecule has 0 aliphatic rings. The van der Waals surface area contributed by atoms with Gasteiger partial charge < -0.3 is 10.2 Å². The predicted molar refractivity (Wildman–Crippen MR) is 102 cm³/mol. The van der Waals surface area contributed by atoms with Gasteiger partial charge in [0.2, 0.25) is 0 Å². The summed E-state index contributed by atoms with van der Waals surface area (Å²) in [6.45, 7) is 4.46. The van der Waals surface area contributed by atoms with Gasteiger partial charge in [0.15, 0.2) is 0 Å². The van der Waals surface area contributed by atoms with Crippen LogP contribution in [0.4, 0.5) is 0 Å². The summed E-state index contributed by atoms with van der Waals surface area (Å²) >= 11 is 0. The van der Waals surface area contributed by atoms with Crippen LogP contribution < -0.4 is 0 Å². The maximum atomic E-state index is 10.9. The number of phenols is 2. The minimum absolute atomic E-state index is 0.266. The predicted octanol–water partition coefficient (Wildman–Crippen LogP) is 6.16. The molecule has 0 saturated carbocycles.